The van der Waals surface area contributed by atoms with E-state index in [1.807, 2.05) is 6.07 Å². The van der Waals surface area contributed by atoms with E-state index in [2.05, 4.69) is 4.74 Å². The zero-order valence-corrected chi connectivity index (χ0v) is 12.1. The van der Waals surface area contributed by atoms with Crippen molar-refractivity contribution in [3.63, 3.8) is 0 Å². The van der Waals surface area contributed by atoms with Crippen LogP contribution in [0.4, 0.5) is 8.78 Å². The fraction of sp³-hybridized carbons (Fsp3) is 0.167. The molecular weight excluding hydrogens is 286 g/mol. The Morgan fingerprint density at radius 3 is 2.32 bits per heavy atom. The lowest BCUT2D eigenvalue weighted by Gasteiger charge is -2.12. The first kappa shape index (κ1) is 15.9. The zero-order chi connectivity index (χ0) is 16.0. The highest BCUT2D eigenvalue weighted by molar-refractivity contribution is 5.89. The SMILES string of the molecule is COC(=O)c1ccc(CC(F)(F)/C=C/c2ccccc2)cc1. The molecule has 2 rings (SSSR count). The summed E-state index contributed by atoms with van der Waals surface area (Å²) in [7, 11) is 1.28. The van der Waals surface area contributed by atoms with Gasteiger partial charge in [0.2, 0.25) is 0 Å². The molecule has 0 saturated heterocycles. The molecular formula is C18H16F2O2. The number of allylic oxidation sites excluding steroid dienone is 1. The number of carbonyl (C=O) groups excluding carboxylic acids is 1. The molecule has 0 aliphatic heterocycles. The van der Waals surface area contributed by atoms with Gasteiger partial charge in [-0.2, -0.15) is 0 Å². The molecule has 4 heteroatoms. The Morgan fingerprint density at radius 2 is 1.73 bits per heavy atom. The smallest absolute Gasteiger partial charge is 0.337 e. The number of methoxy groups -OCH3 is 1. The first-order chi connectivity index (χ1) is 10.5. The third-order valence-corrected chi connectivity index (χ3v) is 3.13. The minimum absolute atomic E-state index is 0.342. The fourth-order valence-electron chi connectivity index (χ4n) is 1.99. The Hall–Kier alpha value is -2.49. The maximum atomic E-state index is 13.9. The molecule has 0 unspecified atom stereocenters. The van der Waals surface area contributed by atoms with Gasteiger partial charge < -0.3 is 4.74 Å². The van der Waals surface area contributed by atoms with E-state index in [9.17, 15) is 13.6 Å². The van der Waals surface area contributed by atoms with E-state index in [1.165, 1.54) is 37.5 Å². The van der Waals surface area contributed by atoms with Crippen LogP contribution in [0.1, 0.15) is 21.5 Å². The molecule has 0 bridgehead atoms. The molecule has 0 radical (unpaired) electrons. The Bertz CT molecular complexity index is 647. The van der Waals surface area contributed by atoms with Gasteiger partial charge in [0.25, 0.3) is 5.92 Å². The molecule has 2 aromatic carbocycles. The van der Waals surface area contributed by atoms with Gasteiger partial charge in [0.05, 0.1) is 12.7 Å². The molecule has 114 valence electrons. The van der Waals surface area contributed by atoms with Crippen molar-refractivity contribution in [2.75, 3.05) is 7.11 Å². The molecule has 0 fully saturated rings. The average molecular weight is 302 g/mol. The van der Waals surface area contributed by atoms with E-state index in [0.29, 0.717) is 11.1 Å². The van der Waals surface area contributed by atoms with Crippen molar-refractivity contribution >= 4 is 12.0 Å². The second kappa shape index (κ2) is 6.98. The van der Waals surface area contributed by atoms with Gasteiger partial charge in [-0.05, 0) is 29.3 Å². The largest absolute Gasteiger partial charge is 0.465 e. The van der Waals surface area contributed by atoms with Crippen molar-refractivity contribution in [1.29, 1.82) is 0 Å². The van der Waals surface area contributed by atoms with Crippen LogP contribution in [0, 0.1) is 0 Å². The van der Waals surface area contributed by atoms with E-state index in [0.717, 1.165) is 11.6 Å². The number of halogens is 2. The van der Waals surface area contributed by atoms with Crippen molar-refractivity contribution in [3.05, 3.63) is 77.4 Å². The van der Waals surface area contributed by atoms with Gasteiger partial charge in [0.1, 0.15) is 0 Å². The Labute approximate surface area is 128 Å². The number of carbonyl (C=O) groups is 1. The second-order valence-electron chi connectivity index (χ2n) is 4.87. The third kappa shape index (κ3) is 4.52. The van der Waals surface area contributed by atoms with Gasteiger partial charge in [0.15, 0.2) is 0 Å². The van der Waals surface area contributed by atoms with E-state index in [-0.39, 0.29) is 0 Å². The first-order valence-corrected chi connectivity index (χ1v) is 6.79. The van der Waals surface area contributed by atoms with Crippen LogP contribution < -0.4 is 0 Å². The topological polar surface area (TPSA) is 26.3 Å². The first-order valence-electron chi connectivity index (χ1n) is 6.79. The maximum absolute atomic E-state index is 13.9. The van der Waals surface area contributed by atoms with E-state index in [4.69, 9.17) is 0 Å². The van der Waals surface area contributed by atoms with Crippen molar-refractivity contribution in [1.82, 2.24) is 0 Å². The Balaban J connectivity index is 2.05. The molecule has 0 amide bonds. The van der Waals surface area contributed by atoms with Crippen LogP contribution >= 0.6 is 0 Å². The standard InChI is InChI=1S/C18H16F2O2/c1-22-17(21)16-9-7-15(8-10-16)13-18(19,20)12-11-14-5-3-2-4-6-14/h2-12H,13H2,1H3/b12-11+. The van der Waals surface area contributed by atoms with Gasteiger partial charge in [-0.15, -0.1) is 0 Å². The summed E-state index contributed by atoms with van der Waals surface area (Å²) >= 11 is 0. The summed E-state index contributed by atoms with van der Waals surface area (Å²) in [6.45, 7) is 0. The fourth-order valence-corrected chi connectivity index (χ4v) is 1.99. The van der Waals surface area contributed by atoms with E-state index < -0.39 is 18.3 Å². The summed E-state index contributed by atoms with van der Waals surface area (Å²) in [4.78, 5) is 11.3. The highest BCUT2D eigenvalue weighted by Crippen LogP contribution is 2.23. The third-order valence-electron chi connectivity index (χ3n) is 3.13. The van der Waals surface area contributed by atoms with E-state index in [1.54, 1.807) is 24.3 Å². The summed E-state index contributed by atoms with van der Waals surface area (Å²) in [6, 6.07) is 14.9. The maximum Gasteiger partial charge on any atom is 0.337 e. The van der Waals surface area contributed by atoms with Crippen molar-refractivity contribution in [2.45, 2.75) is 12.3 Å². The number of esters is 1. The number of benzene rings is 2. The summed E-state index contributed by atoms with van der Waals surface area (Å²) in [5.41, 5.74) is 1.52. The molecule has 0 heterocycles. The van der Waals surface area contributed by atoms with Crippen LogP contribution in [0.25, 0.3) is 6.08 Å². The van der Waals surface area contributed by atoms with Crippen LogP contribution in [0.15, 0.2) is 60.7 Å². The van der Waals surface area contributed by atoms with Gasteiger partial charge in [0, 0.05) is 6.42 Å². The van der Waals surface area contributed by atoms with Crippen LogP contribution in [-0.4, -0.2) is 19.0 Å². The molecule has 0 saturated carbocycles. The van der Waals surface area contributed by atoms with Crippen molar-refractivity contribution in [2.24, 2.45) is 0 Å². The predicted molar refractivity (Wildman–Crippen MR) is 81.9 cm³/mol. The zero-order valence-electron chi connectivity index (χ0n) is 12.1. The predicted octanol–water partition coefficient (Wildman–Crippen LogP) is 4.36. The van der Waals surface area contributed by atoms with Crippen LogP contribution in [0.2, 0.25) is 0 Å². The van der Waals surface area contributed by atoms with E-state index >= 15 is 0 Å². The molecule has 0 spiro atoms. The lowest BCUT2D eigenvalue weighted by molar-refractivity contribution is 0.0567. The van der Waals surface area contributed by atoms with Gasteiger partial charge in [-0.3, -0.25) is 0 Å². The molecule has 0 aliphatic rings. The summed E-state index contributed by atoms with van der Waals surface area (Å²) < 4.78 is 32.5. The van der Waals surface area contributed by atoms with Gasteiger partial charge >= 0.3 is 5.97 Å². The average Bonchev–Trinajstić information content (AvgIpc) is 2.54. The Morgan fingerprint density at radius 1 is 1.09 bits per heavy atom. The molecule has 0 aliphatic carbocycles. The van der Waals surface area contributed by atoms with Gasteiger partial charge in [-0.25, -0.2) is 13.6 Å². The number of rotatable bonds is 5. The molecule has 0 aromatic heterocycles. The molecule has 22 heavy (non-hydrogen) atoms. The van der Waals surface area contributed by atoms with Crippen LogP contribution in [0.5, 0.6) is 0 Å². The molecule has 0 N–H and O–H groups in total. The number of hydrogen-bond acceptors (Lipinski definition) is 2. The minimum atomic E-state index is -2.96. The lowest BCUT2D eigenvalue weighted by Crippen LogP contribution is -2.16. The van der Waals surface area contributed by atoms with Crippen molar-refractivity contribution in [3.8, 4) is 0 Å². The number of alkyl halides is 2. The minimum Gasteiger partial charge on any atom is -0.465 e. The molecule has 2 aromatic rings. The second-order valence-corrected chi connectivity index (χ2v) is 4.87. The summed E-state index contributed by atoms with van der Waals surface area (Å²) in [6.07, 6.45) is 1.89. The number of ether oxygens (including phenoxy) is 1. The number of hydrogen-bond donors (Lipinski definition) is 0. The lowest BCUT2D eigenvalue weighted by atomic mass is 10.0. The highest BCUT2D eigenvalue weighted by Gasteiger charge is 2.25. The van der Waals surface area contributed by atoms with Crippen LogP contribution in [0.3, 0.4) is 0 Å². The summed E-state index contributed by atoms with van der Waals surface area (Å²) in [5, 5.41) is 0. The monoisotopic (exact) mass is 302 g/mol. The van der Waals surface area contributed by atoms with Crippen LogP contribution in [-0.2, 0) is 11.2 Å². The summed E-state index contributed by atoms with van der Waals surface area (Å²) in [5.74, 6) is -3.44. The Kier molecular flexibility index (Phi) is 5.04. The normalized spacial score (nSPS) is 11.6. The quantitative estimate of drug-likeness (QED) is 0.767. The molecule has 0 atom stereocenters. The highest BCUT2D eigenvalue weighted by atomic mass is 19.3. The van der Waals surface area contributed by atoms with Crippen molar-refractivity contribution < 1.29 is 18.3 Å². The molecule has 2 nitrogen and oxygen atoms in total. The van der Waals surface area contributed by atoms with Gasteiger partial charge in [-0.1, -0.05) is 48.5 Å².